The van der Waals surface area contributed by atoms with E-state index >= 15 is 0 Å². The third-order valence-corrected chi connectivity index (χ3v) is 8.04. The number of fused-ring (bicyclic) bond motifs is 5. The predicted molar refractivity (Wildman–Crippen MR) is 165 cm³/mol. The Kier molecular flexibility index (Phi) is 5.07. The zero-order valence-electron chi connectivity index (χ0n) is 21.7. The number of hydrogen-bond donors (Lipinski definition) is 1. The van der Waals surface area contributed by atoms with E-state index in [1.165, 1.54) is 21.8 Å². The number of phenols is 1. The Bertz CT molecular complexity index is 2050. The normalized spacial score (nSPS) is 12.2. The summed E-state index contributed by atoms with van der Waals surface area (Å²) in [4.78, 5) is 0. The van der Waals surface area contributed by atoms with Crippen LogP contribution in [0.4, 0.5) is 0 Å². The SMILES string of the molecule is Oc1ccccc1B1c2ccccc2Oc2cc(-c3ccc4c(c3)c3ccccc3n4-c3ccccc3)ccc21. The summed E-state index contributed by atoms with van der Waals surface area (Å²) in [5.41, 5.74) is 8.72. The van der Waals surface area contributed by atoms with Gasteiger partial charge in [0.05, 0.1) is 11.0 Å². The maximum Gasteiger partial charge on any atom is 0.255 e. The van der Waals surface area contributed by atoms with E-state index in [-0.39, 0.29) is 6.71 Å². The van der Waals surface area contributed by atoms with E-state index < -0.39 is 0 Å². The standard InChI is InChI=1S/C36H24BNO2/c39-34-16-8-5-13-29(34)37-30-14-6-9-17-35(30)40-36-23-25(18-20-31(36)37)24-19-21-33-28(22-24)27-12-4-7-15-32(27)38(33)26-10-2-1-3-11-26/h1-23,39H. The van der Waals surface area contributed by atoms with Gasteiger partial charge in [-0.15, -0.1) is 0 Å². The minimum atomic E-state index is -0.110. The largest absolute Gasteiger partial charge is 0.508 e. The van der Waals surface area contributed by atoms with E-state index in [9.17, 15) is 5.11 Å². The molecule has 0 spiro atoms. The molecule has 0 saturated heterocycles. The maximum absolute atomic E-state index is 10.8. The number of para-hydroxylation sites is 4. The number of phenolic OH excluding ortho intramolecular Hbond substituents is 1. The molecule has 0 amide bonds. The lowest BCUT2D eigenvalue weighted by Gasteiger charge is -2.27. The fraction of sp³-hybridized carbons (Fsp3) is 0. The van der Waals surface area contributed by atoms with Crippen LogP contribution < -0.4 is 21.1 Å². The molecule has 0 saturated carbocycles. The molecule has 7 aromatic rings. The van der Waals surface area contributed by atoms with E-state index in [0.29, 0.717) is 5.75 Å². The van der Waals surface area contributed by atoms with Crippen molar-refractivity contribution < 1.29 is 9.84 Å². The van der Waals surface area contributed by atoms with Gasteiger partial charge in [0.15, 0.2) is 0 Å². The second-order valence-corrected chi connectivity index (χ2v) is 10.3. The molecule has 0 aliphatic carbocycles. The zero-order valence-corrected chi connectivity index (χ0v) is 21.7. The van der Waals surface area contributed by atoms with Gasteiger partial charge in [-0.25, -0.2) is 0 Å². The van der Waals surface area contributed by atoms with E-state index in [0.717, 1.165) is 44.7 Å². The summed E-state index contributed by atoms with van der Waals surface area (Å²) in [6.07, 6.45) is 0. The van der Waals surface area contributed by atoms with Crippen LogP contribution in [0.1, 0.15) is 0 Å². The van der Waals surface area contributed by atoms with Gasteiger partial charge in [-0.05, 0) is 76.0 Å². The first-order valence-corrected chi connectivity index (χ1v) is 13.5. The number of ether oxygens (including phenoxy) is 1. The van der Waals surface area contributed by atoms with Gasteiger partial charge in [0.1, 0.15) is 17.2 Å². The van der Waals surface area contributed by atoms with Gasteiger partial charge in [0.2, 0.25) is 0 Å². The lowest BCUT2D eigenvalue weighted by molar-refractivity contribution is 0.479. The summed E-state index contributed by atoms with van der Waals surface area (Å²) in [5.74, 6) is 1.93. The smallest absolute Gasteiger partial charge is 0.255 e. The fourth-order valence-electron chi connectivity index (χ4n) is 6.21. The Balaban J connectivity index is 1.29. The van der Waals surface area contributed by atoms with Gasteiger partial charge < -0.3 is 14.4 Å². The molecule has 40 heavy (non-hydrogen) atoms. The lowest BCUT2D eigenvalue weighted by atomic mass is 9.35. The van der Waals surface area contributed by atoms with Gasteiger partial charge in [-0.2, -0.15) is 0 Å². The number of rotatable bonds is 3. The Morgan fingerprint density at radius 2 is 1.15 bits per heavy atom. The monoisotopic (exact) mass is 513 g/mol. The van der Waals surface area contributed by atoms with Crippen LogP contribution in [0.3, 0.4) is 0 Å². The molecular weight excluding hydrogens is 489 g/mol. The second kappa shape index (κ2) is 8.93. The molecule has 1 aliphatic rings. The maximum atomic E-state index is 10.8. The first-order chi connectivity index (χ1) is 19.8. The Morgan fingerprint density at radius 1 is 0.500 bits per heavy atom. The molecule has 0 radical (unpaired) electrons. The topological polar surface area (TPSA) is 34.4 Å². The zero-order chi connectivity index (χ0) is 26.6. The predicted octanol–water partition coefficient (Wildman–Crippen LogP) is 6.78. The number of nitrogens with zero attached hydrogens (tertiary/aromatic N) is 1. The average Bonchev–Trinajstić information content (AvgIpc) is 3.34. The molecule has 0 bridgehead atoms. The summed E-state index contributed by atoms with van der Waals surface area (Å²) >= 11 is 0. The fourth-order valence-corrected chi connectivity index (χ4v) is 6.21. The molecule has 6 aromatic carbocycles. The van der Waals surface area contributed by atoms with Crippen LogP contribution in [0.15, 0.2) is 140 Å². The molecule has 1 aliphatic heterocycles. The van der Waals surface area contributed by atoms with Crippen molar-refractivity contribution in [2.75, 3.05) is 0 Å². The van der Waals surface area contributed by atoms with Crippen molar-refractivity contribution in [2.45, 2.75) is 0 Å². The summed E-state index contributed by atoms with van der Waals surface area (Å²) in [6.45, 7) is -0.110. The minimum Gasteiger partial charge on any atom is -0.508 e. The van der Waals surface area contributed by atoms with Gasteiger partial charge in [-0.3, -0.25) is 0 Å². The Hall–Kier alpha value is -5.22. The van der Waals surface area contributed by atoms with Crippen LogP contribution in [0.2, 0.25) is 0 Å². The summed E-state index contributed by atoms with van der Waals surface area (Å²) in [5, 5.41) is 13.2. The van der Waals surface area contributed by atoms with Crippen LogP contribution in [-0.4, -0.2) is 16.4 Å². The molecule has 0 fully saturated rings. The highest BCUT2D eigenvalue weighted by molar-refractivity contribution is 6.97. The van der Waals surface area contributed by atoms with Crippen LogP contribution in [0.5, 0.6) is 17.2 Å². The van der Waals surface area contributed by atoms with Gasteiger partial charge in [0.25, 0.3) is 6.71 Å². The second-order valence-electron chi connectivity index (χ2n) is 10.3. The molecule has 2 heterocycles. The van der Waals surface area contributed by atoms with Crippen LogP contribution in [0, 0.1) is 0 Å². The molecule has 3 nitrogen and oxygen atoms in total. The molecule has 0 atom stereocenters. The molecular formula is C36H24BNO2. The molecule has 4 heteroatoms. The highest BCUT2D eigenvalue weighted by atomic mass is 16.5. The van der Waals surface area contributed by atoms with Gasteiger partial charge >= 0.3 is 0 Å². The number of aromatic nitrogens is 1. The van der Waals surface area contributed by atoms with E-state index in [4.69, 9.17) is 4.74 Å². The first-order valence-electron chi connectivity index (χ1n) is 13.5. The van der Waals surface area contributed by atoms with Crippen molar-refractivity contribution in [1.29, 1.82) is 0 Å². The van der Waals surface area contributed by atoms with E-state index in [2.05, 4.69) is 102 Å². The van der Waals surface area contributed by atoms with Gasteiger partial charge in [0, 0.05) is 16.5 Å². The van der Waals surface area contributed by atoms with Crippen molar-refractivity contribution in [3.63, 3.8) is 0 Å². The molecule has 1 N–H and O–H groups in total. The van der Waals surface area contributed by atoms with Crippen molar-refractivity contribution in [1.82, 2.24) is 4.57 Å². The molecule has 8 rings (SSSR count). The molecule has 0 unspecified atom stereocenters. The number of benzene rings is 6. The Morgan fingerprint density at radius 3 is 2.02 bits per heavy atom. The molecule has 188 valence electrons. The lowest BCUT2D eigenvalue weighted by Crippen LogP contribution is -2.54. The highest BCUT2D eigenvalue weighted by Crippen LogP contribution is 2.36. The summed E-state index contributed by atoms with van der Waals surface area (Å²) in [6, 6.07) is 47.9. The van der Waals surface area contributed by atoms with Crippen LogP contribution in [-0.2, 0) is 0 Å². The number of aromatic hydroxyl groups is 1. The average molecular weight is 513 g/mol. The van der Waals surface area contributed by atoms with E-state index in [1.807, 2.05) is 36.4 Å². The van der Waals surface area contributed by atoms with Crippen molar-refractivity contribution in [3.8, 4) is 34.1 Å². The first kappa shape index (κ1) is 22.7. The van der Waals surface area contributed by atoms with Gasteiger partial charge in [-0.1, -0.05) is 91.0 Å². The van der Waals surface area contributed by atoms with E-state index in [1.54, 1.807) is 6.07 Å². The molecule has 1 aromatic heterocycles. The van der Waals surface area contributed by atoms with Crippen molar-refractivity contribution in [3.05, 3.63) is 140 Å². The quantitative estimate of drug-likeness (QED) is 0.265. The van der Waals surface area contributed by atoms with Crippen LogP contribution in [0.25, 0.3) is 38.6 Å². The third-order valence-electron chi connectivity index (χ3n) is 8.04. The van der Waals surface area contributed by atoms with Crippen molar-refractivity contribution >= 4 is 44.9 Å². The summed E-state index contributed by atoms with van der Waals surface area (Å²) < 4.78 is 8.80. The number of hydrogen-bond acceptors (Lipinski definition) is 2. The minimum absolute atomic E-state index is 0.110. The summed E-state index contributed by atoms with van der Waals surface area (Å²) in [7, 11) is 0. The Labute approximate surface area is 232 Å². The van der Waals surface area contributed by atoms with Crippen LogP contribution >= 0.6 is 0 Å². The third kappa shape index (κ3) is 3.46. The van der Waals surface area contributed by atoms with Crippen molar-refractivity contribution in [2.24, 2.45) is 0 Å². The highest BCUT2D eigenvalue weighted by Gasteiger charge is 2.33.